The second-order valence-corrected chi connectivity index (χ2v) is 5.77. The number of nitrogens with zero attached hydrogens (tertiary/aromatic N) is 2. The zero-order valence-corrected chi connectivity index (χ0v) is 11.1. The van der Waals surface area contributed by atoms with Crippen LogP contribution >= 0.6 is 23.1 Å². The molecule has 0 aliphatic rings. The van der Waals surface area contributed by atoms with Gasteiger partial charge in [0.1, 0.15) is 0 Å². The lowest BCUT2D eigenvalue weighted by atomic mass is 10.2. The minimum absolute atomic E-state index is 0.220. The molecular weight excluding hydrogens is 256 g/mol. The summed E-state index contributed by atoms with van der Waals surface area (Å²) in [5.74, 6) is 3.20. The van der Waals surface area contributed by atoms with E-state index < -0.39 is 0 Å². The molecule has 17 heavy (non-hydrogen) atoms. The predicted molar refractivity (Wildman–Crippen MR) is 70.0 cm³/mol. The Bertz CT molecular complexity index is 442. The largest absolute Gasteiger partial charge is 0.396 e. The molecule has 0 radical (unpaired) electrons. The zero-order valence-electron chi connectivity index (χ0n) is 9.50. The number of aliphatic hydroxyl groups is 1. The van der Waals surface area contributed by atoms with Gasteiger partial charge in [0.15, 0.2) is 0 Å². The van der Waals surface area contributed by atoms with Crippen molar-refractivity contribution in [3.63, 3.8) is 0 Å². The van der Waals surface area contributed by atoms with E-state index in [1.165, 1.54) is 0 Å². The predicted octanol–water partition coefficient (Wildman–Crippen LogP) is 2.66. The summed E-state index contributed by atoms with van der Waals surface area (Å²) in [5.41, 5.74) is 0. The number of aliphatic hydroxyl groups excluding tert-OH is 1. The average Bonchev–Trinajstić information content (AvgIpc) is 2.98. The van der Waals surface area contributed by atoms with Gasteiger partial charge in [0.2, 0.25) is 11.7 Å². The maximum atomic E-state index is 8.90. The summed E-state index contributed by atoms with van der Waals surface area (Å²) in [6.45, 7) is 2.23. The van der Waals surface area contributed by atoms with Crippen molar-refractivity contribution in [3.8, 4) is 10.7 Å². The standard InChI is InChI=1S/C11H14N2O2S2/c1-8(5-14)6-16-7-10-12-11(13-15-10)9-3-2-4-17-9/h2-4,8,14H,5-7H2,1H3. The summed E-state index contributed by atoms with van der Waals surface area (Å²) in [6.07, 6.45) is 0. The second-order valence-electron chi connectivity index (χ2n) is 3.79. The number of thioether (sulfide) groups is 1. The fraction of sp³-hybridized carbons (Fsp3) is 0.455. The van der Waals surface area contributed by atoms with E-state index in [0.29, 0.717) is 23.4 Å². The van der Waals surface area contributed by atoms with Crippen LogP contribution in [0.2, 0.25) is 0 Å². The Morgan fingerprint density at radius 1 is 1.59 bits per heavy atom. The normalized spacial score (nSPS) is 12.8. The van der Waals surface area contributed by atoms with Gasteiger partial charge in [-0.25, -0.2) is 0 Å². The van der Waals surface area contributed by atoms with Gasteiger partial charge in [0.05, 0.1) is 10.6 Å². The molecule has 1 N–H and O–H groups in total. The molecule has 92 valence electrons. The fourth-order valence-electron chi connectivity index (χ4n) is 1.22. The van der Waals surface area contributed by atoms with Crippen molar-refractivity contribution >= 4 is 23.1 Å². The van der Waals surface area contributed by atoms with Gasteiger partial charge in [-0.15, -0.1) is 11.3 Å². The fourth-order valence-corrected chi connectivity index (χ4v) is 2.79. The van der Waals surface area contributed by atoms with Crippen molar-refractivity contribution in [1.82, 2.24) is 10.1 Å². The average molecular weight is 270 g/mol. The van der Waals surface area contributed by atoms with Crippen LogP contribution < -0.4 is 0 Å². The van der Waals surface area contributed by atoms with Crippen molar-refractivity contribution in [1.29, 1.82) is 0 Å². The molecule has 0 spiro atoms. The van der Waals surface area contributed by atoms with Crippen LogP contribution in [0, 0.1) is 5.92 Å². The highest BCUT2D eigenvalue weighted by molar-refractivity contribution is 7.98. The highest BCUT2D eigenvalue weighted by atomic mass is 32.2. The van der Waals surface area contributed by atoms with Gasteiger partial charge >= 0.3 is 0 Å². The molecule has 0 fully saturated rings. The van der Waals surface area contributed by atoms with E-state index in [4.69, 9.17) is 9.63 Å². The summed E-state index contributed by atoms with van der Waals surface area (Å²) >= 11 is 3.29. The van der Waals surface area contributed by atoms with E-state index in [0.717, 1.165) is 10.6 Å². The number of thiophene rings is 1. The van der Waals surface area contributed by atoms with E-state index >= 15 is 0 Å². The molecule has 2 heterocycles. The number of hydrogen-bond acceptors (Lipinski definition) is 6. The van der Waals surface area contributed by atoms with Crippen molar-refractivity contribution in [2.75, 3.05) is 12.4 Å². The van der Waals surface area contributed by atoms with Gasteiger partial charge in [-0.1, -0.05) is 18.1 Å². The number of aromatic nitrogens is 2. The Balaban J connectivity index is 1.87. The highest BCUT2D eigenvalue weighted by Gasteiger charge is 2.09. The first kappa shape index (κ1) is 12.6. The Hall–Kier alpha value is -0.850. The molecule has 0 aromatic carbocycles. The smallest absolute Gasteiger partial charge is 0.236 e. The van der Waals surface area contributed by atoms with Gasteiger partial charge < -0.3 is 9.63 Å². The second kappa shape index (κ2) is 6.18. The molecule has 2 rings (SSSR count). The van der Waals surface area contributed by atoms with Gasteiger partial charge in [0, 0.05) is 6.61 Å². The summed E-state index contributed by atoms with van der Waals surface area (Å²) in [4.78, 5) is 5.35. The minimum atomic E-state index is 0.220. The first-order chi connectivity index (χ1) is 8.29. The van der Waals surface area contributed by atoms with E-state index in [2.05, 4.69) is 10.1 Å². The van der Waals surface area contributed by atoms with E-state index in [-0.39, 0.29) is 6.61 Å². The maximum Gasteiger partial charge on any atom is 0.236 e. The SMILES string of the molecule is CC(CO)CSCc1nc(-c2cccs2)no1. The molecule has 0 saturated heterocycles. The Kier molecular flexibility index (Phi) is 4.58. The van der Waals surface area contributed by atoms with Crippen LogP contribution in [0.15, 0.2) is 22.0 Å². The van der Waals surface area contributed by atoms with Gasteiger partial charge in [-0.3, -0.25) is 0 Å². The zero-order chi connectivity index (χ0) is 12.1. The molecule has 0 aliphatic carbocycles. The van der Waals surface area contributed by atoms with Crippen molar-refractivity contribution in [3.05, 3.63) is 23.4 Å². The van der Waals surface area contributed by atoms with E-state index in [9.17, 15) is 0 Å². The highest BCUT2D eigenvalue weighted by Crippen LogP contribution is 2.22. The van der Waals surface area contributed by atoms with Gasteiger partial charge in [0.25, 0.3) is 0 Å². The van der Waals surface area contributed by atoms with E-state index in [1.807, 2.05) is 24.4 Å². The summed E-state index contributed by atoms with van der Waals surface area (Å²) in [7, 11) is 0. The third-order valence-electron chi connectivity index (χ3n) is 2.15. The van der Waals surface area contributed by atoms with Crippen molar-refractivity contribution in [2.45, 2.75) is 12.7 Å². The third-order valence-corrected chi connectivity index (χ3v) is 4.27. The lowest BCUT2D eigenvalue weighted by molar-refractivity contribution is 0.250. The quantitative estimate of drug-likeness (QED) is 0.874. The lowest BCUT2D eigenvalue weighted by Crippen LogP contribution is -2.03. The topological polar surface area (TPSA) is 59.2 Å². The van der Waals surface area contributed by atoms with Crippen LogP contribution in [0.1, 0.15) is 12.8 Å². The molecular formula is C11H14N2O2S2. The molecule has 4 nitrogen and oxygen atoms in total. The number of hydrogen-bond donors (Lipinski definition) is 1. The van der Waals surface area contributed by atoms with Crippen LogP contribution in [-0.2, 0) is 5.75 Å². The van der Waals surface area contributed by atoms with Crippen LogP contribution in [0.3, 0.4) is 0 Å². The summed E-state index contributed by atoms with van der Waals surface area (Å²) < 4.78 is 5.17. The van der Waals surface area contributed by atoms with Crippen molar-refractivity contribution in [2.24, 2.45) is 5.92 Å². The number of rotatable bonds is 6. The first-order valence-electron chi connectivity index (χ1n) is 5.34. The molecule has 2 aromatic rings. The Labute approximate surface area is 108 Å². The van der Waals surface area contributed by atoms with Crippen LogP contribution in [0.5, 0.6) is 0 Å². The maximum absolute atomic E-state index is 8.90. The Morgan fingerprint density at radius 3 is 3.18 bits per heavy atom. The van der Waals surface area contributed by atoms with Gasteiger partial charge in [-0.05, 0) is 23.1 Å². The summed E-state index contributed by atoms with van der Waals surface area (Å²) in [5, 5.41) is 14.8. The Morgan fingerprint density at radius 2 is 2.47 bits per heavy atom. The minimum Gasteiger partial charge on any atom is -0.396 e. The molecule has 2 aromatic heterocycles. The van der Waals surface area contributed by atoms with Crippen LogP contribution in [0.4, 0.5) is 0 Å². The monoisotopic (exact) mass is 270 g/mol. The van der Waals surface area contributed by atoms with Crippen molar-refractivity contribution < 1.29 is 9.63 Å². The molecule has 0 bridgehead atoms. The molecule has 6 heteroatoms. The lowest BCUT2D eigenvalue weighted by Gasteiger charge is -2.04. The molecule has 0 amide bonds. The molecule has 0 aliphatic heterocycles. The first-order valence-corrected chi connectivity index (χ1v) is 7.38. The van der Waals surface area contributed by atoms with E-state index in [1.54, 1.807) is 23.1 Å². The van der Waals surface area contributed by atoms with Crippen LogP contribution in [-0.4, -0.2) is 27.6 Å². The van der Waals surface area contributed by atoms with Gasteiger partial charge in [-0.2, -0.15) is 16.7 Å². The van der Waals surface area contributed by atoms with Crippen LogP contribution in [0.25, 0.3) is 10.7 Å². The molecule has 1 unspecified atom stereocenters. The molecule has 1 atom stereocenters. The third kappa shape index (κ3) is 3.55. The summed E-state index contributed by atoms with van der Waals surface area (Å²) in [6, 6.07) is 3.94. The molecule has 0 saturated carbocycles.